The highest BCUT2D eigenvalue weighted by atomic mass is 127. The van der Waals surface area contributed by atoms with E-state index >= 15 is 0 Å². The molecule has 5 nitrogen and oxygen atoms in total. The van der Waals surface area contributed by atoms with Crippen molar-refractivity contribution < 1.29 is 4.42 Å². The maximum absolute atomic E-state index is 5.56. The van der Waals surface area contributed by atoms with Gasteiger partial charge in [0.05, 0.1) is 17.1 Å². The molecular formula is C16H23IN4OS2. The maximum atomic E-state index is 5.56. The fourth-order valence-corrected chi connectivity index (χ4v) is 4.40. The van der Waals surface area contributed by atoms with E-state index in [1.807, 2.05) is 24.6 Å². The SMILES string of the molecule is CCC1CN(C(=NC)NCc2coc(-c3cccs3)n2)CCS1.I. The number of thioether (sulfide) groups is 1. The van der Waals surface area contributed by atoms with Crippen molar-refractivity contribution in [3.63, 3.8) is 0 Å². The molecule has 0 saturated carbocycles. The van der Waals surface area contributed by atoms with E-state index in [0.717, 1.165) is 35.4 Å². The number of nitrogens with one attached hydrogen (secondary N) is 1. The molecule has 24 heavy (non-hydrogen) atoms. The molecule has 1 unspecified atom stereocenters. The minimum absolute atomic E-state index is 0. The van der Waals surface area contributed by atoms with Crippen molar-refractivity contribution in [3.8, 4) is 10.8 Å². The van der Waals surface area contributed by atoms with E-state index in [1.165, 1.54) is 6.42 Å². The van der Waals surface area contributed by atoms with Crippen LogP contribution in [0.2, 0.25) is 0 Å². The molecule has 0 bridgehead atoms. The van der Waals surface area contributed by atoms with Gasteiger partial charge in [-0.15, -0.1) is 35.3 Å². The van der Waals surface area contributed by atoms with Crippen molar-refractivity contribution in [2.45, 2.75) is 25.1 Å². The highest BCUT2D eigenvalue weighted by molar-refractivity contribution is 14.0. The molecule has 1 aliphatic heterocycles. The molecule has 0 spiro atoms. The molecule has 8 heteroatoms. The van der Waals surface area contributed by atoms with Crippen LogP contribution < -0.4 is 5.32 Å². The van der Waals surface area contributed by atoms with Crippen molar-refractivity contribution >= 4 is 53.0 Å². The lowest BCUT2D eigenvalue weighted by Gasteiger charge is -2.34. The van der Waals surface area contributed by atoms with E-state index in [-0.39, 0.29) is 24.0 Å². The predicted molar refractivity (Wildman–Crippen MR) is 114 cm³/mol. The molecule has 3 heterocycles. The van der Waals surface area contributed by atoms with Crippen LogP contribution in [-0.4, -0.2) is 47.0 Å². The van der Waals surface area contributed by atoms with Gasteiger partial charge in [-0.3, -0.25) is 4.99 Å². The summed E-state index contributed by atoms with van der Waals surface area (Å²) in [5, 5.41) is 6.13. The van der Waals surface area contributed by atoms with Crippen molar-refractivity contribution in [3.05, 3.63) is 29.5 Å². The number of guanidine groups is 1. The largest absolute Gasteiger partial charge is 0.443 e. The minimum atomic E-state index is 0. The van der Waals surface area contributed by atoms with Gasteiger partial charge in [-0.2, -0.15) is 11.8 Å². The molecule has 1 aliphatic rings. The summed E-state index contributed by atoms with van der Waals surface area (Å²) in [6, 6.07) is 4.02. The number of hydrogen-bond donors (Lipinski definition) is 1. The summed E-state index contributed by atoms with van der Waals surface area (Å²) in [5.74, 6) is 2.79. The van der Waals surface area contributed by atoms with Crippen LogP contribution >= 0.6 is 47.1 Å². The Morgan fingerprint density at radius 2 is 2.42 bits per heavy atom. The summed E-state index contributed by atoms with van der Waals surface area (Å²) in [4.78, 5) is 12.4. The van der Waals surface area contributed by atoms with Crippen molar-refractivity contribution in [2.75, 3.05) is 25.9 Å². The summed E-state index contributed by atoms with van der Waals surface area (Å²) < 4.78 is 5.56. The lowest BCUT2D eigenvalue weighted by atomic mass is 10.3. The molecule has 1 N–H and O–H groups in total. The Kier molecular flexibility index (Phi) is 7.89. The van der Waals surface area contributed by atoms with E-state index in [1.54, 1.807) is 17.6 Å². The van der Waals surface area contributed by atoms with Crippen LogP contribution in [0.3, 0.4) is 0 Å². The molecular weight excluding hydrogens is 455 g/mol. The first-order valence-corrected chi connectivity index (χ1v) is 9.78. The molecule has 1 fully saturated rings. The van der Waals surface area contributed by atoms with E-state index in [9.17, 15) is 0 Å². The van der Waals surface area contributed by atoms with Crippen LogP contribution in [0.25, 0.3) is 10.8 Å². The number of aromatic nitrogens is 1. The highest BCUT2D eigenvalue weighted by Crippen LogP contribution is 2.24. The standard InChI is InChI=1S/C16H22N4OS2.HI/c1-3-13-10-20(6-8-22-13)16(17-2)18-9-12-11-21-15(19-12)14-5-4-7-23-14;/h4-5,7,11,13H,3,6,8-10H2,1-2H3,(H,17,18);1H. The fraction of sp³-hybridized carbons (Fsp3) is 0.500. The first-order chi connectivity index (χ1) is 11.3. The molecule has 2 aromatic heterocycles. The first-order valence-electron chi connectivity index (χ1n) is 7.85. The Morgan fingerprint density at radius 1 is 1.54 bits per heavy atom. The van der Waals surface area contributed by atoms with Crippen molar-refractivity contribution in [2.24, 2.45) is 4.99 Å². The molecule has 1 atom stereocenters. The molecule has 0 amide bonds. The third-order valence-corrected chi connectivity index (χ3v) is 6.05. The molecule has 3 rings (SSSR count). The zero-order valence-corrected chi connectivity index (χ0v) is 17.9. The number of hydrogen-bond acceptors (Lipinski definition) is 5. The van der Waals surface area contributed by atoms with Gasteiger partial charge in [0.25, 0.3) is 0 Å². The average Bonchev–Trinajstić information content (AvgIpc) is 3.27. The van der Waals surface area contributed by atoms with Crippen LogP contribution in [-0.2, 0) is 6.54 Å². The monoisotopic (exact) mass is 478 g/mol. The second-order valence-electron chi connectivity index (χ2n) is 5.37. The highest BCUT2D eigenvalue weighted by Gasteiger charge is 2.21. The third kappa shape index (κ3) is 4.89. The second kappa shape index (κ2) is 9.67. The Morgan fingerprint density at radius 3 is 3.12 bits per heavy atom. The Bertz CT molecular complexity index is 644. The Labute approximate surface area is 168 Å². The maximum Gasteiger partial charge on any atom is 0.236 e. The Hall–Kier alpha value is -0.740. The summed E-state index contributed by atoms with van der Waals surface area (Å²) in [6.45, 7) is 4.97. The molecule has 0 aliphatic carbocycles. The zero-order chi connectivity index (χ0) is 16.1. The summed E-state index contributed by atoms with van der Waals surface area (Å²) >= 11 is 3.69. The van der Waals surface area contributed by atoms with Crippen molar-refractivity contribution in [1.29, 1.82) is 0 Å². The Balaban J connectivity index is 0.00000208. The van der Waals surface area contributed by atoms with Crippen LogP contribution in [0.1, 0.15) is 19.0 Å². The van der Waals surface area contributed by atoms with Crippen LogP contribution in [0.5, 0.6) is 0 Å². The number of oxazole rings is 1. The number of aliphatic imine (C=N–C) groups is 1. The van der Waals surface area contributed by atoms with Gasteiger partial charge in [-0.05, 0) is 17.9 Å². The second-order valence-corrected chi connectivity index (χ2v) is 7.73. The van der Waals surface area contributed by atoms with Gasteiger partial charge >= 0.3 is 0 Å². The normalized spacial score (nSPS) is 18.3. The zero-order valence-electron chi connectivity index (χ0n) is 13.9. The van der Waals surface area contributed by atoms with Gasteiger partial charge in [0, 0.05) is 31.1 Å². The van der Waals surface area contributed by atoms with E-state index in [2.05, 4.69) is 38.9 Å². The predicted octanol–water partition coefficient (Wildman–Crippen LogP) is 3.92. The topological polar surface area (TPSA) is 53.7 Å². The quantitative estimate of drug-likeness (QED) is 0.410. The number of rotatable bonds is 4. The van der Waals surface area contributed by atoms with E-state index < -0.39 is 0 Å². The third-order valence-electron chi connectivity index (χ3n) is 3.82. The van der Waals surface area contributed by atoms with Crippen LogP contribution in [0, 0.1) is 0 Å². The summed E-state index contributed by atoms with van der Waals surface area (Å²) in [6.07, 6.45) is 2.92. The lowest BCUT2D eigenvalue weighted by molar-refractivity contribution is 0.407. The average molecular weight is 478 g/mol. The fourth-order valence-electron chi connectivity index (χ4n) is 2.56. The van der Waals surface area contributed by atoms with Gasteiger partial charge in [0.1, 0.15) is 6.26 Å². The van der Waals surface area contributed by atoms with Gasteiger partial charge in [-0.25, -0.2) is 4.98 Å². The molecule has 0 radical (unpaired) electrons. The first kappa shape index (κ1) is 19.6. The molecule has 132 valence electrons. The minimum Gasteiger partial charge on any atom is -0.443 e. The van der Waals surface area contributed by atoms with E-state index in [0.29, 0.717) is 17.7 Å². The lowest BCUT2D eigenvalue weighted by Crippen LogP contribution is -2.47. The van der Waals surface area contributed by atoms with Crippen LogP contribution in [0.15, 0.2) is 33.2 Å². The summed E-state index contributed by atoms with van der Waals surface area (Å²) in [7, 11) is 1.84. The van der Waals surface area contributed by atoms with E-state index in [4.69, 9.17) is 4.42 Å². The van der Waals surface area contributed by atoms with Crippen molar-refractivity contribution in [1.82, 2.24) is 15.2 Å². The molecule has 0 aromatic carbocycles. The van der Waals surface area contributed by atoms with Gasteiger partial charge < -0.3 is 14.6 Å². The van der Waals surface area contributed by atoms with Gasteiger partial charge in [-0.1, -0.05) is 13.0 Å². The van der Waals surface area contributed by atoms with Gasteiger partial charge in [0.2, 0.25) is 5.89 Å². The number of halogens is 1. The molecule has 1 saturated heterocycles. The molecule has 2 aromatic rings. The summed E-state index contributed by atoms with van der Waals surface area (Å²) in [5.41, 5.74) is 0.896. The smallest absolute Gasteiger partial charge is 0.236 e. The van der Waals surface area contributed by atoms with Crippen LogP contribution in [0.4, 0.5) is 0 Å². The number of nitrogens with zero attached hydrogens (tertiary/aromatic N) is 3. The van der Waals surface area contributed by atoms with Gasteiger partial charge in [0.15, 0.2) is 5.96 Å². The number of thiophene rings is 1.